The van der Waals surface area contributed by atoms with E-state index < -0.39 is 15.9 Å². The molecule has 1 fully saturated rings. The first-order chi connectivity index (χ1) is 13.9. The molecule has 3 aromatic carbocycles. The molecule has 4 rings (SSSR count). The summed E-state index contributed by atoms with van der Waals surface area (Å²) in [5, 5.41) is 5.14. The van der Waals surface area contributed by atoms with E-state index in [9.17, 15) is 13.2 Å². The first-order valence-corrected chi connectivity index (χ1v) is 11.3. The van der Waals surface area contributed by atoms with E-state index in [-0.39, 0.29) is 17.3 Å². The predicted molar refractivity (Wildman–Crippen MR) is 116 cm³/mol. The number of carbonyl (C=O) groups is 1. The van der Waals surface area contributed by atoms with Gasteiger partial charge >= 0.3 is 0 Å². The van der Waals surface area contributed by atoms with Gasteiger partial charge < -0.3 is 5.32 Å². The number of hydrogen-bond acceptors (Lipinski definition) is 3. The highest BCUT2D eigenvalue weighted by Gasteiger charge is 2.33. The summed E-state index contributed by atoms with van der Waals surface area (Å²) in [4.78, 5) is 13.0. The average Bonchev–Trinajstić information content (AvgIpc) is 2.75. The molecule has 0 aromatic heterocycles. The van der Waals surface area contributed by atoms with Crippen LogP contribution in [0.5, 0.6) is 0 Å². The predicted octanol–water partition coefficient (Wildman–Crippen LogP) is 4.53. The van der Waals surface area contributed by atoms with E-state index in [0.29, 0.717) is 30.1 Å². The standard InChI is InChI=1S/C22H21ClN2O3S/c23-20-9-3-4-10-21(20)24-22(26)18-8-5-13-25(15-18)29(27,28)19-12-11-16-6-1-2-7-17(16)14-19/h1-4,6-7,9-12,14,18H,5,8,13,15H2,(H,24,26). The SMILES string of the molecule is O=C(Nc1ccccc1Cl)C1CCCN(S(=O)(=O)c2ccc3ccccc3c2)C1. The molecule has 7 heteroatoms. The second kappa shape index (κ2) is 8.14. The number of para-hydroxylation sites is 1. The fourth-order valence-corrected chi connectivity index (χ4v) is 5.39. The van der Waals surface area contributed by atoms with Crippen LogP contribution in [0.25, 0.3) is 10.8 Å². The Morgan fingerprint density at radius 3 is 2.52 bits per heavy atom. The van der Waals surface area contributed by atoms with Gasteiger partial charge in [0.05, 0.1) is 21.5 Å². The molecule has 150 valence electrons. The molecule has 0 aliphatic carbocycles. The Kier molecular flexibility index (Phi) is 5.58. The highest BCUT2D eigenvalue weighted by atomic mass is 35.5. The molecule has 1 aliphatic heterocycles. The van der Waals surface area contributed by atoms with Crippen molar-refractivity contribution in [1.29, 1.82) is 0 Å². The molecule has 1 aliphatic rings. The molecule has 0 radical (unpaired) electrons. The van der Waals surface area contributed by atoms with Crippen LogP contribution in [0.4, 0.5) is 5.69 Å². The van der Waals surface area contributed by atoms with Gasteiger partial charge in [-0.05, 0) is 47.9 Å². The van der Waals surface area contributed by atoms with Gasteiger partial charge in [-0.1, -0.05) is 54.1 Å². The van der Waals surface area contributed by atoms with Gasteiger partial charge in [0, 0.05) is 13.1 Å². The lowest BCUT2D eigenvalue weighted by Gasteiger charge is -2.31. The van der Waals surface area contributed by atoms with Crippen molar-refractivity contribution in [3.05, 3.63) is 71.8 Å². The number of fused-ring (bicyclic) bond motifs is 1. The zero-order valence-electron chi connectivity index (χ0n) is 15.7. The highest BCUT2D eigenvalue weighted by molar-refractivity contribution is 7.89. The van der Waals surface area contributed by atoms with E-state index >= 15 is 0 Å². The molecule has 29 heavy (non-hydrogen) atoms. The summed E-state index contributed by atoms with van der Waals surface area (Å²) in [6.07, 6.45) is 1.27. The molecular weight excluding hydrogens is 408 g/mol. The summed E-state index contributed by atoms with van der Waals surface area (Å²) in [5.41, 5.74) is 0.536. The van der Waals surface area contributed by atoms with Crippen LogP contribution in [-0.4, -0.2) is 31.7 Å². The summed E-state index contributed by atoms with van der Waals surface area (Å²) in [6, 6.07) is 19.8. The van der Waals surface area contributed by atoms with Gasteiger partial charge in [-0.15, -0.1) is 0 Å². The van der Waals surface area contributed by atoms with E-state index in [1.165, 1.54) is 4.31 Å². The van der Waals surface area contributed by atoms with Crippen molar-refractivity contribution in [3.8, 4) is 0 Å². The van der Waals surface area contributed by atoms with E-state index in [0.717, 1.165) is 10.8 Å². The summed E-state index contributed by atoms with van der Waals surface area (Å²) in [7, 11) is -3.67. The second-order valence-electron chi connectivity index (χ2n) is 7.18. The largest absolute Gasteiger partial charge is 0.324 e. The minimum Gasteiger partial charge on any atom is -0.324 e. The van der Waals surface area contributed by atoms with Gasteiger partial charge in [0.2, 0.25) is 15.9 Å². The first kappa shape index (κ1) is 19.9. The van der Waals surface area contributed by atoms with Crippen molar-refractivity contribution in [2.75, 3.05) is 18.4 Å². The molecule has 1 heterocycles. The van der Waals surface area contributed by atoms with Crippen molar-refractivity contribution < 1.29 is 13.2 Å². The van der Waals surface area contributed by atoms with Crippen molar-refractivity contribution in [1.82, 2.24) is 4.31 Å². The Hall–Kier alpha value is -2.41. The Morgan fingerprint density at radius 2 is 1.72 bits per heavy atom. The maximum atomic E-state index is 13.2. The minimum atomic E-state index is -3.67. The molecule has 3 aromatic rings. The van der Waals surface area contributed by atoms with E-state index in [1.807, 2.05) is 30.3 Å². The number of hydrogen-bond donors (Lipinski definition) is 1. The molecular formula is C22H21ClN2O3S. The van der Waals surface area contributed by atoms with Gasteiger partial charge in [0.15, 0.2) is 0 Å². The van der Waals surface area contributed by atoms with Gasteiger partial charge in [-0.25, -0.2) is 8.42 Å². The smallest absolute Gasteiger partial charge is 0.243 e. The van der Waals surface area contributed by atoms with E-state index in [2.05, 4.69) is 5.32 Å². The van der Waals surface area contributed by atoms with E-state index in [1.54, 1.807) is 36.4 Å². The lowest BCUT2D eigenvalue weighted by atomic mass is 9.99. The van der Waals surface area contributed by atoms with Gasteiger partial charge in [0.25, 0.3) is 0 Å². The summed E-state index contributed by atoms with van der Waals surface area (Å²) < 4.78 is 27.8. The first-order valence-electron chi connectivity index (χ1n) is 9.49. The molecule has 1 unspecified atom stereocenters. The maximum absolute atomic E-state index is 13.2. The third kappa shape index (κ3) is 4.15. The Bertz CT molecular complexity index is 1160. The summed E-state index contributed by atoms with van der Waals surface area (Å²) in [5.74, 6) is -0.633. The van der Waals surface area contributed by atoms with Crippen LogP contribution in [0.1, 0.15) is 12.8 Å². The topological polar surface area (TPSA) is 66.5 Å². The second-order valence-corrected chi connectivity index (χ2v) is 9.53. The lowest BCUT2D eigenvalue weighted by molar-refractivity contribution is -0.120. The van der Waals surface area contributed by atoms with Gasteiger partial charge in [-0.3, -0.25) is 4.79 Å². The van der Waals surface area contributed by atoms with Crippen LogP contribution in [0, 0.1) is 5.92 Å². The third-order valence-electron chi connectivity index (χ3n) is 5.25. The number of carbonyl (C=O) groups excluding carboxylic acids is 1. The molecule has 1 amide bonds. The van der Waals surface area contributed by atoms with Crippen LogP contribution >= 0.6 is 11.6 Å². The third-order valence-corrected chi connectivity index (χ3v) is 7.44. The van der Waals surface area contributed by atoms with Crippen LogP contribution < -0.4 is 5.32 Å². The number of piperidine rings is 1. The van der Waals surface area contributed by atoms with Crippen molar-refractivity contribution in [2.24, 2.45) is 5.92 Å². The zero-order chi connectivity index (χ0) is 20.4. The van der Waals surface area contributed by atoms with Crippen molar-refractivity contribution in [3.63, 3.8) is 0 Å². The number of nitrogens with one attached hydrogen (secondary N) is 1. The minimum absolute atomic E-state index is 0.158. The number of rotatable bonds is 4. The highest BCUT2D eigenvalue weighted by Crippen LogP contribution is 2.28. The number of amides is 1. The van der Waals surface area contributed by atoms with Gasteiger partial charge in [-0.2, -0.15) is 4.31 Å². The summed E-state index contributed by atoms with van der Waals surface area (Å²) >= 11 is 6.12. The molecule has 0 spiro atoms. The van der Waals surface area contributed by atoms with E-state index in [4.69, 9.17) is 11.6 Å². The monoisotopic (exact) mass is 428 g/mol. The van der Waals surface area contributed by atoms with Crippen molar-refractivity contribution in [2.45, 2.75) is 17.7 Å². The average molecular weight is 429 g/mol. The van der Waals surface area contributed by atoms with Crippen LogP contribution in [-0.2, 0) is 14.8 Å². The number of benzene rings is 3. The Morgan fingerprint density at radius 1 is 1.00 bits per heavy atom. The van der Waals surface area contributed by atoms with Gasteiger partial charge in [0.1, 0.15) is 0 Å². The van der Waals surface area contributed by atoms with Crippen LogP contribution in [0.3, 0.4) is 0 Å². The molecule has 1 atom stereocenters. The molecule has 1 saturated heterocycles. The van der Waals surface area contributed by atoms with Crippen LogP contribution in [0.2, 0.25) is 5.02 Å². The van der Waals surface area contributed by atoms with Crippen molar-refractivity contribution >= 4 is 44.0 Å². The summed E-state index contributed by atoms with van der Waals surface area (Å²) in [6.45, 7) is 0.566. The quantitative estimate of drug-likeness (QED) is 0.663. The maximum Gasteiger partial charge on any atom is 0.243 e. The number of nitrogens with zero attached hydrogens (tertiary/aromatic N) is 1. The number of halogens is 1. The zero-order valence-corrected chi connectivity index (χ0v) is 17.3. The van der Waals surface area contributed by atoms with Crippen LogP contribution in [0.15, 0.2) is 71.6 Å². The fraction of sp³-hybridized carbons (Fsp3) is 0.227. The molecule has 1 N–H and O–H groups in total. The molecule has 0 saturated carbocycles. The number of sulfonamides is 1. The molecule has 5 nitrogen and oxygen atoms in total. The molecule has 0 bridgehead atoms. The lowest BCUT2D eigenvalue weighted by Crippen LogP contribution is -2.43. The normalized spacial score (nSPS) is 17.9. The Labute approximate surface area is 175 Å². The number of anilines is 1. The fourth-order valence-electron chi connectivity index (χ4n) is 3.65. The Balaban J connectivity index is 1.53.